The largest absolute Gasteiger partial charge is 0.342 e. The predicted octanol–water partition coefficient (Wildman–Crippen LogP) is 5.00. The fourth-order valence-electron chi connectivity index (χ4n) is 7.68. The van der Waals surface area contributed by atoms with E-state index >= 15 is 0 Å². The first kappa shape index (κ1) is 29.9. The molecule has 4 atom stereocenters. The van der Waals surface area contributed by atoms with Gasteiger partial charge >= 0.3 is 6.03 Å². The Hall–Kier alpha value is -2.12. The highest BCUT2D eigenvalue weighted by Gasteiger charge is 2.62. The van der Waals surface area contributed by atoms with Gasteiger partial charge in [0.1, 0.15) is 5.54 Å². The van der Waals surface area contributed by atoms with Crippen molar-refractivity contribution in [3.8, 4) is 0 Å². The number of carbonyl (C=O) groups excluding carboxylic acids is 3. The number of halogens is 1. The zero-order chi connectivity index (χ0) is 27.4. The van der Waals surface area contributed by atoms with Gasteiger partial charge in [-0.1, -0.05) is 65.0 Å². The molecule has 0 radical (unpaired) electrons. The van der Waals surface area contributed by atoms with E-state index in [1.54, 1.807) is 7.05 Å². The van der Waals surface area contributed by atoms with E-state index in [2.05, 4.69) is 74.8 Å². The Bertz CT molecular complexity index is 1060. The molecular weight excluding hydrogens is 512 g/mol. The summed E-state index contributed by atoms with van der Waals surface area (Å²) in [6.45, 7) is 13.7. The van der Waals surface area contributed by atoms with E-state index in [0.717, 1.165) is 45.3 Å². The Balaban J connectivity index is 0.00000353. The second kappa shape index (κ2) is 11.0. The lowest BCUT2D eigenvalue weighted by molar-refractivity contribution is -0.137. The number of piperidine rings is 1. The molecule has 1 spiro atoms. The number of hydrogen-bond donors (Lipinski definition) is 0. The van der Waals surface area contributed by atoms with E-state index in [-0.39, 0.29) is 35.7 Å². The van der Waals surface area contributed by atoms with E-state index in [0.29, 0.717) is 42.8 Å². The number of nitrogens with zero attached hydrogens (tertiary/aromatic N) is 4. The van der Waals surface area contributed by atoms with Crippen LogP contribution in [0.2, 0.25) is 0 Å². The first-order valence-corrected chi connectivity index (χ1v) is 14.6. The van der Waals surface area contributed by atoms with Crippen molar-refractivity contribution in [2.75, 3.05) is 33.2 Å². The number of hydrogen-bond acceptors (Lipinski definition) is 4. The maximum Gasteiger partial charge on any atom is 0.327 e. The first-order valence-electron chi connectivity index (χ1n) is 14.6. The number of fused-ring (bicyclic) bond motifs is 2. The SMILES string of the molecule is CC(C)CN1C(=O)N(C)C(=O)C12CC1CCC(C2)N1C[C@H]1CN(C(=O)CC(C)(C)C)C[C@@H]1c1ccccc1.Cl. The highest BCUT2D eigenvalue weighted by atomic mass is 35.5. The lowest BCUT2D eigenvalue weighted by Gasteiger charge is -2.48. The monoisotopic (exact) mass is 558 g/mol. The molecule has 7 nitrogen and oxygen atoms in total. The number of urea groups is 1. The molecule has 1 aromatic rings. The van der Waals surface area contributed by atoms with E-state index in [1.165, 1.54) is 10.5 Å². The summed E-state index contributed by atoms with van der Waals surface area (Å²) < 4.78 is 0. The van der Waals surface area contributed by atoms with Gasteiger partial charge in [0.25, 0.3) is 5.91 Å². The van der Waals surface area contributed by atoms with Crippen molar-refractivity contribution >= 4 is 30.3 Å². The van der Waals surface area contributed by atoms with Crippen molar-refractivity contribution in [3.63, 3.8) is 0 Å². The van der Waals surface area contributed by atoms with Crippen LogP contribution in [0.1, 0.15) is 78.2 Å². The third-order valence-corrected chi connectivity index (χ3v) is 9.35. The van der Waals surface area contributed by atoms with Gasteiger partial charge in [-0.3, -0.25) is 19.4 Å². The summed E-state index contributed by atoms with van der Waals surface area (Å²) in [6.07, 6.45) is 4.15. The number of likely N-dealkylation sites (N-methyl/N-ethyl adjacent to an activating group) is 1. The highest BCUT2D eigenvalue weighted by Crippen LogP contribution is 2.48. The van der Waals surface area contributed by atoms with E-state index in [1.807, 2.05) is 4.90 Å². The molecule has 1 aromatic carbocycles. The molecule has 4 amide bonds. The average molecular weight is 559 g/mol. The minimum Gasteiger partial charge on any atom is -0.342 e. The van der Waals surface area contributed by atoms with Crippen LogP contribution >= 0.6 is 12.4 Å². The molecule has 2 bridgehead atoms. The maximum atomic E-state index is 13.5. The number of benzene rings is 1. The lowest BCUT2D eigenvalue weighted by atomic mass is 9.80. The number of amides is 4. The Labute approximate surface area is 240 Å². The summed E-state index contributed by atoms with van der Waals surface area (Å²) in [7, 11) is 1.65. The van der Waals surface area contributed by atoms with Crippen LogP contribution in [-0.2, 0) is 9.59 Å². The van der Waals surface area contributed by atoms with Crippen molar-refractivity contribution in [1.82, 2.24) is 19.6 Å². The molecule has 4 aliphatic heterocycles. The zero-order valence-corrected chi connectivity index (χ0v) is 25.4. The van der Waals surface area contributed by atoms with Crippen LogP contribution in [0.15, 0.2) is 30.3 Å². The molecule has 39 heavy (non-hydrogen) atoms. The zero-order valence-electron chi connectivity index (χ0n) is 24.6. The molecule has 216 valence electrons. The molecule has 4 saturated heterocycles. The second-order valence-corrected chi connectivity index (χ2v) is 14.0. The summed E-state index contributed by atoms with van der Waals surface area (Å²) in [5.74, 6) is 1.22. The molecule has 2 unspecified atom stereocenters. The van der Waals surface area contributed by atoms with Gasteiger partial charge in [-0.05, 0) is 48.5 Å². The van der Waals surface area contributed by atoms with Crippen LogP contribution in [0.5, 0.6) is 0 Å². The first-order chi connectivity index (χ1) is 17.9. The summed E-state index contributed by atoms with van der Waals surface area (Å²) in [5, 5.41) is 0. The molecule has 0 aromatic heterocycles. The Morgan fingerprint density at radius 3 is 2.21 bits per heavy atom. The van der Waals surface area contributed by atoms with Crippen LogP contribution in [-0.4, -0.2) is 88.3 Å². The number of rotatable bonds is 6. The molecular formula is C31H47ClN4O3. The summed E-state index contributed by atoms with van der Waals surface area (Å²) in [5.41, 5.74) is 0.588. The van der Waals surface area contributed by atoms with Crippen LogP contribution < -0.4 is 0 Å². The molecule has 0 N–H and O–H groups in total. The normalized spacial score (nSPS) is 31.1. The summed E-state index contributed by atoms with van der Waals surface area (Å²) >= 11 is 0. The van der Waals surface area contributed by atoms with Gasteiger partial charge in [-0.2, -0.15) is 0 Å². The highest BCUT2D eigenvalue weighted by molar-refractivity contribution is 6.07. The standard InChI is InChI=1S/C31H46N4O3.ClH/c1-21(2)17-35-29(38)32(6)28(37)31(35)14-24-12-13-25(15-31)34(24)19-23-18-33(27(36)16-30(3,4)5)20-26(23)22-10-8-7-9-11-22;/h7-11,21,23-26H,12-20H2,1-6H3;1H/t23-,24?,25?,26-,31?;/m1./s1. The Morgan fingerprint density at radius 1 is 1.03 bits per heavy atom. The van der Waals surface area contributed by atoms with Gasteiger partial charge in [0.15, 0.2) is 0 Å². The predicted molar refractivity (Wildman–Crippen MR) is 156 cm³/mol. The van der Waals surface area contributed by atoms with Crippen molar-refractivity contribution in [3.05, 3.63) is 35.9 Å². The van der Waals surface area contributed by atoms with Crippen LogP contribution in [0.3, 0.4) is 0 Å². The van der Waals surface area contributed by atoms with Gasteiger partial charge in [-0.15, -0.1) is 12.4 Å². The van der Waals surface area contributed by atoms with Crippen LogP contribution in [0.25, 0.3) is 0 Å². The number of carbonyl (C=O) groups is 3. The van der Waals surface area contributed by atoms with Gasteiger partial charge in [0, 0.05) is 57.6 Å². The molecule has 4 aliphatic rings. The fourth-order valence-corrected chi connectivity index (χ4v) is 7.68. The van der Waals surface area contributed by atoms with Crippen molar-refractivity contribution in [2.24, 2.45) is 17.3 Å². The molecule has 4 fully saturated rings. The maximum absolute atomic E-state index is 13.5. The average Bonchev–Trinajstić information content (AvgIpc) is 3.42. The Morgan fingerprint density at radius 2 is 1.64 bits per heavy atom. The van der Waals surface area contributed by atoms with E-state index in [4.69, 9.17) is 0 Å². The smallest absolute Gasteiger partial charge is 0.327 e. The van der Waals surface area contributed by atoms with Gasteiger partial charge in [0.05, 0.1) is 0 Å². The second-order valence-electron chi connectivity index (χ2n) is 14.0. The van der Waals surface area contributed by atoms with E-state index < -0.39 is 5.54 Å². The van der Waals surface area contributed by atoms with E-state index in [9.17, 15) is 14.4 Å². The van der Waals surface area contributed by atoms with Crippen molar-refractivity contribution in [2.45, 2.75) is 90.3 Å². The van der Waals surface area contributed by atoms with Gasteiger partial charge in [-0.25, -0.2) is 4.79 Å². The third-order valence-electron chi connectivity index (χ3n) is 9.35. The topological polar surface area (TPSA) is 64.2 Å². The van der Waals surface area contributed by atoms with Crippen LogP contribution in [0.4, 0.5) is 4.79 Å². The number of likely N-dealkylation sites (tertiary alicyclic amines) is 1. The molecule has 5 rings (SSSR count). The number of imide groups is 1. The quantitative estimate of drug-likeness (QED) is 0.461. The van der Waals surface area contributed by atoms with Gasteiger partial charge in [0.2, 0.25) is 5.91 Å². The Kier molecular flexibility index (Phi) is 8.45. The fraction of sp³-hybridized carbons (Fsp3) is 0.710. The lowest BCUT2D eigenvalue weighted by Crippen LogP contribution is -2.61. The molecule has 4 heterocycles. The minimum absolute atomic E-state index is 0. The minimum atomic E-state index is -0.693. The molecule has 0 saturated carbocycles. The van der Waals surface area contributed by atoms with Gasteiger partial charge < -0.3 is 9.80 Å². The summed E-state index contributed by atoms with van der Waals surface area (Å²) in [4.78, 5) is 47.9. The third kappa shape index (κ3) is 5.58. The molecule has 0 aliphatic carbocycles. The summed E-state index contributed by atoms with van der Waals surface area (Å²) in [6, 6.07) is 11.1. The van der Waals surface area contributed by atoms with Crippen molar-refractivity contribution < 1.29 is 14.4 Å². The van der Waals surface area contributed by atoms with Crippen LogP contribution in [0, 0.1) is 17.3 Å². The van der Waals surface area contributed by atoms with Crippen molar-refractivity contribution in [1.29, 1.82) is 0 Å². The molecule has 8 heteroatoms.